The average molecular weight is 479 g/mol. The summed E-state index contributed by atoms with van der Waals surface area (Å²) in [6.45, 7) is 0.0952. The first kappa shape index (κ1) is 20.3. The van der Waals surface area contributed by atoms with E-state index in [9.17, 15) is 0 Å². The van der Waals surface area contributed by atoms with Crippen LogP contribution in [-0.4, -0.2) is 6.85 Å². The molecule has 7 aromatic carbocycles. The molecule has 1 nitrogen and oxygen atoms in total. The lowest BCUT2D eigenvalue weighted by Crippen LogP contribution is -2.59. The molecule has 7 aromatic rings. The predicted octanol–water partition coefficient (Wildman–Crippen LogP) is 8.05. The molecule has 0 amide bonds. The van der Waals surface area contributed by atoms with E-state index in [-0.39, 0.29) is 6.85 Å². The fraction of sp³-hybridized carbons (Fsp3) is 0. The molecule has 2 heterocycles. The van der Waals surface area contributed by atoms with Gasteiger partial charge in [0.15, 0.2) is 0 Å². The van der Waals surface area contributed by atoms with Crippen LogP contribution in [-0.2, 0) is 0 Å². The fourth-order valence-corrected chi connectivity index (χ4v) is 7.01. The monoisotopic (exact) mass is 479 g/mol. The summed E-state index contributed by atoms with van der Waals surface area (Å²) in [7, 11) is 0. The second kappa shape index (κ2) is 7.37. The highest BCUT2D eigenvalue weighted by atomic mass is 15.1. The number of para-hydroxylation sites is 1. The maximum absolute atomic E-state index is 2.60. The molecule has 2 aliphatic heterocycles. The van der Waals surface area contributed by atoms with Gasteiger partial charge < -0.3 is 4.81 Å². The van der Waals surface area contributed by atoms with Gasteiger partial charge in [-0.2, -0.15) is 0 Å². The smallest absolute Gasteiger partial charge is 0.329 e. The molecule has 174 valence electrons. The first-order valence-corrected chi connectivity index (χ1v) is 13.3. The molecule has 0 N–H and O–H groups in total. The zero-order valence-corrected chi connectivity index (χ0v) is 20.7. The van der Waals surface area contributed by atoms with Crippen LogP contribution >= 0.6 is 0 Å². The molecule has 0 aliphatic carbocycles. The van der Waals surface area contributed by atoms with E-state index in [0.29, 0.717) is 0 Å². The molecule has 2 heteroatoms. The zero-order chi connectivity index (χ0) is 24.8. The third-order valence-corrected chi connectivity index (χ3v) is 8.60. The van der Waals surface area contributed by atoms with Crippen LogP contribution in [0.25, 0.3) is 54.6 Å². The van der Waals surface area contributed by atoms with Crippen LogP contribution in [0.2, 0.25) is 0 Å². The van der Waals surface area contributed by atoms with Gasteiger partial charge in [0.2, 0.25) is 0 Å². The maximum atomic E-state index is 2.60. The molecule has 0 bridgehead atoms. The SMILES string of the molecule is c1ccc2c(c1)-c1c(ccc3ccccc13)B1c3ccc4ccccc4c3-c3cc4ccccc4cc3N12. The van der Waals surface area contributed by atoms with Crippen molar-refractivity contribution in [2.75, 3.05) is 4.81 Å². The van der Waals surface area contributed by atoms with Crippen molar-refractivity contribution in [3.63, 3.8) is 0 Å². The second-order valence-corrected chi connectivity index (χ2v) is 10.5. The van der Waals surface area contributed by atoms with Crippen LogP contribution in [0, 0.1) is 0 Å². The Kier molecular flexibility index (Phi) is 3.93. The van der Waals surface area contributed by atoms with Crippen LogP contribution in [0.15, 0.2) is 133 Å². The summed E-state index contributed by atoms with van der Waals surface area (Å²) in [6.07, 6.45) is 0. The summed E-state index contributed by atoms with van der Waals surface area (Å²) in [5, 5.41) is 7.77. The van der Waals surface area contributed by atoms with Crippen molar-refractivity contribution in [3.05, 3.63) is 133 Å². The number of anilines is 2. The first-order valence-electron chi connectivity index (χ1n) is 13.3. The van der Waals surface area contributed by atoms with Gasteiger partial charge in [-0.25, -0.2) is 0 Å². The molecule has 0 fully saturated rings. The summed E-state index contributed by atoms with van der Waals surface area (Å²) < 4.78 is 0. The van der Waals surface area contributed by atoms with Crippen LogP contribution in [0.3, 0.4) is 0 Å². The topological polar surface area (TPSA) is 3.24 Å². The van der Waals surface area contributed by atoms with Crippen molar-refractivity contribution in [1.82, 2.24) is 0 Å². The van der Waals surface area contributed by atoms with Crippen LogP contribution in [0.5, 0.6) is 0 Å². The third kappa shape index (κ3) is 2.57. The van der Waals surface area contributed by atoms with E-state index in [4.69, 9.17) is 0 Å². The van der Waals surface area contributed by atoms with Crippen molar-refractivity contribution in [3.8, 4) is 22.3 Å². The van der Waals surface area contributed by atoms with Crippen LogP contribution in [0.4, 0.5) is 11.4 Å². The number of fused-ring (bicyclic) bond motifs is 16. The van der Waals surface area contributed by atoms with Gasteiger partial charge in [0.25, 0.3) is 0 Å². The van der Waals surface area contributed by atoms with E-state index in [2.05, 4.69) is 138 Å². The number of benzene rings is 7. The molecule has 0 unspecified atom stereocenters. The van der Waals surface area contributed by atoms with E-state index in [1.54, 1.807) is 0 Å². The predicted molar refractivity (Wildman–Crippen MR) is 163 cm³/mol. The van der Waals surface area contributed by atoms with E-state index in [0.717, 1.165) is 0 Å². The molecular formula is C36H22BN. The summed E-state index contributed by atoms with van der Waals surface area (Å²) in [5.41, 5.74) is 10.6. The molecular weight excluding hydrogens is 457 g/mol. The minimum absolute atomic E-state index is 0.0952. The molecule has 0 aromatic heterocycles. The average Bonchev–Trinajstić information content (AvgIpc) is 2.99. The summed E-state index contributed by atoms with van der Waals surface area (Å²) in [6, 6.07) is 49.6. The molecule has 0 atom stereocenters. The highest BCUT2D eigenvalue weighted by Gasteiger charge is 2.43. The maximum Gasteiger partial charge on any atom is 0.329 e. The summed E-state index contributed by atoms with van der Waals surface area (Å²) in [5.74, 6) is 0. The van der Waals surface area contributed by atoms with Gasteiger partial charge in [-0.05, 0) is 72.6 Å². The van der Waals surface area contributed by atoms with Crippen molar-refractivity contribution in [2.45, 2.75) is 0 Å². The largest absolute Gasteiger partial charge is 0.376 e. The number of nitrogens with zero attached hydrogens (tertiary/aromatic N) is 1. The molecule has 2 aliphatic rings. The van der Waals surface area contributed by atoms with Gasteiger partial charge in [0.1, 0.15) is 0 Å². The van der Waals surface area contributed by atoms with Crippen molar-refractivity contribution in [2.24, 2.45) is 0 Å². The van der Waals surface area contributed by atoms with Gasteiger partial charge in [0.05, 0.1) is 0 Å². The van der Waals surface area contributed by atoms with Gasteiger partial charge in [-0.15, -0.1) is 0 Å². The van der Waals surface area contributed by atoms with Crippen LogP contribution in [0.1, 0.15) is 0 Å². The Hall–Kier alpha value is -4.82. The van der Waals surface area contributed by atoms with E-state index in [1.807, 2.05) is 0 Å². The van der Waals surface area contributed by atoms with Gasteiger partial charge in [-0.3, -0.25) is 0 Å². The molecule has 0 saturated heterocycles. The normalized spacial score (nSPS) is 13.2. The molecule has 0 saturated carbocycles. The third-order valence-electron chi connectivity index (χ3n) is 8.60. The van der Waals surface area contributed by atoms with Crippen LogP contribution < -0.4 is 15.7 Å². The Morgan fingerprint density at radius 3 is 1.61 bits per heavy atom. The van der Waals surface area contributed by atoms with E-state index in [1.165, 1.54) is 76.9 Å². The second-order valence-electron chi connectivity index (χ2n) is 10.5. The first-order chi connectivity index (χ1) is 18.9. The van der Waals surface area contributed by atoms with E-state index >= 15 is 0 Å². The molecule has 0 radical (unpaired) electrons. The minimum atomic E-state index is 0.0952. The van der Waals surface area contributed by atoms with Gasteiger partial charge in [0, 0.05) is 22.5 Å². The van der Waals surface area contributed by atoms with Crippen molar-refractivity contribution in [1.29, 1.82) is 0 Å². The quantitative estimate of drug-likeness (QED) is 0.199. The zero-order valence-electron chi connectivity index (χ0n) is 20.7. The lowest BCUT2D eigenvalue weighted by molar-refractivity contribution is 1.36. The highest BCUT2D eigenvalue weighted by molar-refractivity contribution is 6.93. The summed E-state index contributed by atoms with van der Waals surface area (Å²) >= 11 is 0. The molecule has 9 rings (SSSR count). The summed E-state index contributed by atoms with van der Waals surface area (Å²) in [4.78, 5) is 2.60. The lowest BCUT2D eigenvalue weighted by atomic mass is 9.42. The van der Waals surface area contributed by atoms with E-state index < -0.39 is 0 Å². The number of hydrogen-bond donors (Lipinski definition) is 0. The molecule has 38 heavy (non-hydrogen) atoms. The van der Waals surface area contributed by atoms with Gasteiger partial charge in [-0.1, -0.05) is 115 Å². The standard InChI is InChI=1S/C36H22BN/c1-2-12-26-22-34-30(21-25(26)11-1)36-28-14-6-4-10-24(28)18-20-32(36)37-31-19-17-23-9-3-5-13-27(23)35(31)29-15-7-8-16-33(29)38(34)37/h1-22H. The molecule has 0 spiro atoms. The Bertz CT molecular complexity index is 2110. The Labute approximate surface area is 221 Å². The number of hydrogen-bond acceptors (Lipinski definition) is 1. The van der Waals surface area contributed by atoms with Crippen molar-refractivity contribution < 1.29 is 0 Å². The Balaban J connectivity index is 1.48. The lowest BCUT2D eigenvalue weighted by Gasteiger charge is -2.44. The fourth-order valence-electron chi connectivity index (χ4n) is 7.01. The van der Waals surface area contributed by atoms with Crippen molar-refractivity contribution >= 4 is 61.5 Å². The Morgan fingerprint density at radius 1 is 0.395 bits per heavy atom. The Morgan fingerprint density at radius 2 is 0.921 bits per heavy atom. The van der Waals surface area contributed by atoms with Gasteiger partial charge >= 0.3 is 6.85 Å². The minimum Gasteiger partial charge on any atom is -0.376 e. The number of rotatable bonds is 0. The highest BCUT2D eigenvalue weighted by Crippen LogP contribution is 2.49.